The van der Waals surface area contributed by atoms with Gasteiger partial charge in [0.15, 0.2) is 0 Å². The zero-order valence-corrected chi connectivity index (χ0v) is 6.74. The Bertz CT molecular complexity index is 95.1. The van der Waals surface area contributed by atoms with E-state index in [-0.39, 0.29) is 5.60 Å². The monoisotopic (exact) mass is 148 g/mol. The molecule has 0 saturated heterocycles. The first kappa shape index (κ1) is 7.36. The molecule has 54 valence electrons. The largest absolute Gasteiger partial charge is 0.377 e. The van der Waals surface area contributed by atoms with Gasteiger partial charge in [-0.1, -0.05) is 0 Å². The zero-order chi connectivity index (χ0) is 6.91. The highest BCUT2D eigenvalue weighted by Gasteiger charge is 2.40. The quantitative estimate of drug-likeness (QED) is 0.557. The summed E-state index contributed by atoms with van der Waals surface area (Å²) in [4.78, 5) is 0. The summed E-state index contributed by atoms with van der Waals surface area (Å²) < 4.78 is 5.28. The second-order valence-electron chi connectivity index (χ2n) is 2.92. The average molecular weight is 149 g/mol. The fourth-order valence-corrected chi connectivity index (χ4v) is 1.35. The van der Waals surface area contributed by atoms with E-state index in [1.54, 1.807) is 7.11 Å². The molecule has 0 amide bonds. The smallest absolute Gasteiger partial charge is 0.0813 e. The fourth-order valence-electron chi connectivity index (χ4n) is 1.02. The Labute approximate surface area is 61.3 Å². The van der Waals surface area contributed by atoms with Gasteiger partial charge in [0.1, 0.15) is 0 Å². The van der Waals surface area contributed by atoms with Crippen LogP contribution in [0.3, 0.4) is 0 Å². The van der Waals surface area contributed by atoms with E-state index in [2.05, 4.69) is 6.92 Å². The number of methoxy groups -OCH3 is 1. The van der Waals surface area contributed by atoms with Crippen LogP contribution in [0, 0.1) is 5.92 Å². The Morgan fingerprint density at radius 1 is 1.67 bits per heavy atom. The molecule has 0 aromatic heterocycles. The first-order chi connectivity index (χ1) is 4.23. The second kappa shape index (κ2) is 2.47. The molecule has 1 aliphatic carbocycles. The summed E-state index contributed by atoms with van der Waals surface area (Å²) in [5, 5.41) is 0. The molecule has 1 fully saturated rings. The van der Waals surface area contributed by atoms with Crippen molar-refractivity contribution >= 4 is 11.6 Å². The Morgan fingerprint density at radius 2 is 2.22 bits per heavy atom. The van der Waals surface area contributed by atoms with Crippen molar-refractivity contribution in [1.82, 2.24) is 0 Å². The van der Waals surface area contributed by atoms with E-state index in [4.69, 9.17) is 16.3 Å². The molecule has 1 saturated carbocycles. The van der Waals surface area contributed by atoms with E-state index in [9.17, 15) is 0 Å². The molecule has 1 nitrogen and oxygen atoms in total. The SMILES string of the molecule is COC(C)(CCl)C1CC1. The van der Waals surface area contributed by atoms with Crippen molar-refractivity contribution in [3.63, 3.8) is 0 Å². The van der Waals surface area contributed by atoms with Crippen LogP contribution < -0.4 is 0 Å². The minimum Gasteiger partial charge on any atom is -0.377 e. The van der Waals surface area contributed by atoms with Crippen LogP contribution in [0.15, 0.2) is 0 Å². The van der Waals surface area contributed by atoms with Crippen LogP contribution in [-0.2, 0) is 4.74 Å². The van der Waals surface area contributed by atoms with Gasteiger partial charge in [-0.15, -0.1) is 11.6 Å². The second-order valence-corrected chi connectivity index (χ2v) is 3.19. The van der Waals surface area contributed by atoms with Crippen molar-refractivity contribution in [2.45, 2.75) is 25.4 Å². The van der Waals surface area contributed by atoms with Gasteiger partial charge in [0.2, 0.25) is 0 Å². The number of ether oxygens (including phenoxy) is 1. The summed E-state index contributed by atoms with van der Waals surface area (Å²) in [5.74, 6) is 1.34. The Morgan fingerprint density at radius 3 is 2.33 bits per heavy atom. The number of alkyl halides is 1. The minimum atomic E-state index is -0.0401. The maximum atomic E-state index is 5.72. The molecule has 0 aliphatic heterocycles. The predicted molar refractivity (Wildman–Crippen MR) is 38.9 cm³/mol. The standard InChI is InChI=1S/C7H13ClO/c1-7(5-8,9-2)6-3-4-6/h6H,3-5H2,1-2H3. The lowest BCUT2D eigenvalue weighted by atomic mass is 10.0. The van der Waals surface area contributed by atoms with E-state index in [1.165, 1.54) is 12.8 Å². The predicted octanol–water partition coefficient (Wildman–Crippen LogP) is 2.04. The summed E-state index contributed by atoms with van der Waals surface area (Å²) in [6.45, 7) is 2.08. The van der Waals surface area contributed by atoms with Gasteiger partial charge in [0.25, 0.3) is 0 Å². The van der Waals surface area contributed by atoms with E-state index >= 15 is 0 Å². The molecule has 0 aromatic rings. The number of rotatable bonds is 3. The molecule has 9 heavy (non-hydrogen) atoms. The van der Waals surface area contributed by atoms with E-state index in [0.717, 1.165) is 5.92 Å². The Kier molecular flexibility index (Phi) is 2.02. The van der Waals surface area contributed by atoms with Crippen LogP contribution >= 0.6 is 11.6 Å². The molecular weight excluding hydrogens is 136 g/mol. The number of hydrogen-bond donors (Lipinski definition) is 0. The third-order valence-corrected chi connectivity index (χ3v) is 2.70. The van der Waals surface area contributed by atoms with Crippen molar-refractivity contribution < 1.29 is 4.74 Å². The molecule has 1 aliphatic rings. The highest BCUT2D eigenvalue weighted by Crippen LogP contribution is 2.41. The van der Waals surface area contributed by atoms with Crippen LogP contribution in [0.2, 0.25) is 0 Å². The average Bonchev–Trinajstić information content (AvgIpc) is 2.68. The van der Waals surface area contributed by atoms with Crippen LogP contribution in [0.5, 0.6) is 0 Å². The van der Waals surface area contributed by atoms with Gasteiger partial charge >= 0.3 is 0 Å². The van der Waals surface area contributed by atoms with Gasteiger partial charge in [-0.05, 0) is 25.7 Å². The zero-order valence-electron chi connectivity index (χ0n) is 5.98. The van der Waals surface area contributed by atoms with Crippen LogP contribution in [0.4, 0.5) is 0 Å². The van der Waals surface area contributed by atoms with Gasteiger partial charge in [0.05, 0.1) is 11.5 Å². The first-order valence-corrected chi connectivity index (χ1v) is 3.87. The molecule has 0 bridgehead atoms. The summed E-state index contributed by atoms with van der Waals surface area (Å²) in [6, 6.07) is 0. The van der Waals surface area contributed by atoms with Crippen molar-refractivity contribution in [3.8, 4) is 0 Å². The third-order valence-electron chi connectivity index (χ3n) is 2.17. The highest BCUT2D eigenvalue weighted by atomic mass is 35.5. The van der Waals surface area contributed by atoms with Crippen LogP contribution in [-0.4, -0.2) is 18.6 Å². The maximum absolute atomic E-state index is 5.72. The van der Waals surface area contributed by atoms with Gasteiger partial charge < -0.3 is 4.74 Å². The molecule has 0 aromatic carbocycles. The molecule has 0 radical (unpaired) electrons. The van der Waals surface area contributed by atoms with Crippen LogP contribution in [0.25, 0.3) is 0 Å². The Balaban J connectivity index is 2.43. The van der Waals surface area contributed by atoms with Crippen molar-refractivity contribution in [2.75, 3.05) is 13.0 Å². The molecule has 0 spiro atoms. The normalized spacial score (nSPS) is 25.7. The Hall–Kier alpha value is 0.250. The van der Waals surface area contributed by atoms with Crippen molar-refractivity contribution in [2.24, 2.45) is 5.92 Å². The number of halogens is 1. The van der Waals surface area contributed by atoms with E-state index < -0.39 is 0 Å². The highest BCUT2D eigenvalue weighted by molar-refractivity contribution is 6.18. The number of hydrogen-bond acceptors (Lipinski definition) is 1. The maximum Gasteiger partial charge on any atom is 0.0813 e. The molecule has 2 heteroatoms. The van der Waals surface area contributed by atoms with Gasteiger partial charge in [-0.3, -0.25) is 0 Å². The van der Waals surface area contributed by atoms with Crippen molar-refractivity contribution in [3.05, 3.63) is 0 Å². The van der Waals surface area contributed by atoms with Gasteiger partial charge in [-0.25, -0.2) is 0 Å². The molecule has 0 N–H and O–H groups in total. The van der Waals surface area contributed by atoms with Gasteiger partial charge in [-0.2, -0.15) is 0 Å². The first-order valence-electron chi connectivity index (χ1n) is 3.34. The summed E-state index contributed by atoms with van der Waals surface area (Å²) in [6.07, 6.45) is 2.58. The minimum absolute atomic E-state index is 0.0401. The lowest BCUT2D eigenvalue weighted by molar-refractivity contribution is 0.00668. The fraction of sp³-hybridized carbons (Fsp3) is 1.00. The molecule has 0 heterocycles. The van der Waals surface area contributed by atoms with E-state index in [0.29, 0.717) is 5.88 Å². The topological polar surface area (TPSA) is 9.23 Å². The van der Waals surface area contributed by atoms with Crippen molar-refractivity contribution in [1.29, 1.82) is 0 Å². The molecular formula is C7H13ClO. The molecule has 1 atom stereocenters. The van der Waals surface area contributed by atoms with Crippen LogP contribution in [0.1, 0.15) is 19.8 Å². The van der Waals surface area contributed by atoms with Gasteiger partial charge in [0, 0.05) is 7.11 Å². The van der Waals surface area contributed by atoms with E-state index in [1.807, 2.05) is 0 Å². The lowest BCUT2D eigenvalue weighted by Crippen LogP contribution is -2.31. The molecule has 1 unspecified atom stereocenters. The summed E-state index contributed by atoms with van der Waals surface area (Å²) >= 11 is 5.72. The summed E-state index contributed by atoms with van der Waals surface area (Å²) in [5.41, 5.74) is -0.0401. The third kappa shape index (κ3) is 1.39. The lowest BCUT2D eigenvalue weighted by Gasteiger charge is -2.24. The molecule has 1 rings (SSSR count). The summed E-state index contributed by atoms with van der Waals surface area (Å²) in [7, 11) is 1.74.